The van der Waals surface area contributed by atoms with Crippen molar-refractivity contribution >= 4 is 0 Å². The van der Waals surface area contributed by atoms with Crippen molar-refractivity contribution in [2.24, 2.45) is 0 Å². The van der Waals surface area contributed by atoms with E-state index in [1.54, 1.807) is 0 Å². The monoisotopic (exact) mass is 271 g/mol. The molecule has 0 bridgehead atoms. The maximum absolute atomic E-state index is 13.4. The van der Waals surface area contributed by atoms with Gasteiger partial charge in [-0.25, -0.2) is 8.78 Å². The minimum absolute atomic E-state index is 0.0173. The number of nitrogens with one attached hydrogen (secondary N) is 1. The molecule has 0 heterocycles. The normalized spacial score (nSPS) is 13.4. The zero-order chi connectivity index (χ0) is 14.5. The van der Waals surface area contributed by atoms with Crippen LogP contribution in [0.3, 0.4) is 0 Å². The van der Waals surface area contributed by atoms with Crippen LogP contribution in [0.2, 0.25) is 0 Å². The van der Waals surface area contributed by atoms with Crippen LogP contribution in [0, 0.1) is 11.6 Å². The Kier molecular flexibility index (Phi) is 5.73. The van der Waals surface area contributed by atoms with Gasteiger partial charge in [0.1, 0.15) is 5.82 Å². The molecule has 0 radical (unpaired) electrons. The summed E-state index contributed by atoms with van der Waals surface area (Å²) >= 11 is 0. The Morgan fingerprint density at radius 3 is 2.58 bits per heavy atom. The SMILES string of the molecule is CC(CCCNC(C)(C)C)Oc1cc(F)ccc1F. The maximum Gasteiger partial charge on any atom is 0.165 e. The van der Waals surface area contributed by atoms with Crippen LogP contribution in [0.4, 0.5) is 8.78 Å². The van der Waals surface area contributed by atoms with Gasteiger partial charge in [0.2, 0.25) is 0 Å². The second-order valence-electron chi connectivity index (χ2n) is 5.82. The molecule has 0 fully saturated rings. The summed E-state index contributed by atoms with van der Waals surface area (Å²) in [5, 5.41) is 3.37. The molecule has 19 heavy (non-hydrogen) atoms. The minimum atomic E-state index is -0.527. The summed E-state index contributed by atoms with van der Waals surface area (Å²) < 4.78 is 31.8. The smallest absolute Gasteiger partial charge is 0.165 e. The van der Waals surface area contributed by atoms with Crippen molar-refractivity contribution in [3.8, 4) is 5.75 Å². The lowest BCUT2D eigenvalue weighted by Crippen LogP contribution is -2.36. The Bertz CT molecular complexity index is 402. The second-order valence-corrected chi connectivity index (χ2v) is 5.82. The summed E-state index contributed by atoms with van der Waals surface area (Å²) in [5.74, 6) is -1.03. The molecule has 1 N–H and O–H groups in total. The fourth-order valence-electron chi connectivity index (χ4n) is 1.70. The predicted molar refractivity (Wildman–Crippen MR) is 73.4 cm³/mol. The average molecular weight is 271 g/mol. The fraction of sp³-hybridized carbons (Fsp3) is 0.600. The molecule has 1 aromatic rings. The molecule has 1 rings (SSSR count). The molecule has 0 saturated heterocycles. The quantitative estimate of drug-likeness (QED) is 0.792. The van der Waals surface area contributed by atoms with Crippen molar-refractivity contribution in [1.29, 1.82) is 0 Å². The molecule has 4 heteroatoms. The second kappa shape index (κ2) is 6.85. The highest BCUT2D eigenvalue weighted by atomic mass is 19.1. The molecule has 0 aliphatic heterocycles. The predicted octanol–water partition coefficient (Wildman–Crippen LogP) is 3.90. The Balaban J connectivity index is 2.35. The van der Waals surface area contributed by atoms with E-state index in [1.165, 1.54) is 0 Å². The summed E-state index contributed by atoms with van der Waals surface area (Å²) in [5.41, 5.74) is 0.0960. The van der Waals surface area contributed by atoms with Crippen molar-refractivity contribution in [1.82, 2.24) is 5.32 Å². The first-order chi connectivity index (χ1) is 8.78. The number of benzene rings is 1. The van der Waals surface area contributed by atoms with Crippen molar-refractivity contribution < 1.29 is 13.5 Å². The molecule has 0 saturated carbocycles. The zero-order valence-corrected chi connectivity index (χ0v) is 12.1. The van der Waals surface area contributed by atoms with Crippen molar-refractivity contribution in [2.45, 2.75) is 52.2 Å². The fourth-order valence-corrected chi connectivity index (χ4v) is 1.70. The molecule has 108 valence electrons. The van der Waals surface area contributed by atoms with Crippen LogP contribution in [-0.4, -0.2) is 18.2 Å². The van der Waals surface area contributed by atoms with Gasteiger partial charge in [-0.1, -0.05) is 0 Å². The van der Waals surface area contributed by atoms with Crippen LogP contribution in [0.5, 0.6) is 5.75 Å². The number of hydrogen-bond donors (Lipinski definition) is 1. The van der Waals surface area contributed by atoms with Gasteiger partial charge in [-0.05, 0) is 59.2 Å². The van der Waals surface area contributed by atoms with E-state index in [1.807, 2.05) is 6.92 Å². The average Bonchev–Trinajstić information content (AvgIpc) is 2.28. The van der Waals surface area contributed by atoms with Crippen LogP contribution >= 0.6 is 0 Å². The van der Waals surface area contributed by atoms with Gasteiger partial charge in [-0.3, -0.25) is 0 Å². The number of rotatable bonds is 6. The lowest BCUT2D eigenvalue weighted by Gasteiger charge is -2.21. The molecular formula is C15H23F2NO. The van der Waals surface area contributed by atoms with E-state index < -0.39 is 11.6 Å². The lowest BCUT2D eigenvalue weighted by molar-refractivity contribution is 0.196. The van der Waals surface area contributed by atoms with Gasteiger partial charge >= 0.3 is 0 Å². The lowest BCUT2D eigenvalue weighted by atomic mass is 10.1. The molecule has 0 spiro atoms. The molecule has 2 nitrogen and oxygen atoms in total. The zero-order valence-electron chi connectivity index (χ0n) is 12.1. The molecule has 1 aromatic carbocycles. The van der Waals surface area contributed by atoms with E-state index in [0.29, 0.717) is 0 Å². The summed E-state index contributed by atoms with van der Waals surface area (Å²) in [4.78, 5) is 0. The van der Waals surface area contributed by atoms with Crippen LogP contribution in [0.15, 0.2) is 18.2 Å². The van der Waals surface area contributed by atoms with Gasteiger partial charge in [0, 0.05) is 11.6 Å². The number of halogens is 2. The summed E-state index contributed by atoms with van der Waals surface area (Å²) in [6.07, 6.45) is 1.58. The van der Waals surface area contributed by atoms with Gasteiger partial charge < -0.3 is 10.1 Å². The van der Waals surface area contributed by atoms with Crippen LogP contribution in [0.25, 0.3) is 0 Å². The number of ether oxygens (including phenoxy) is 1. The van der Waals surface area contributed by atoms with Crippen LogP contribution in [0.1, 0.15) is 40.5 Å². The summed E-state index contributed by atoms with van der Waals surface area (Å²) in [6.45, 7) is 9.06. The molecule has 1 unspecified atom stereocenters. The molecule has 0 aliphatic carbocycles. The van der Waals surface area contributed by atoms with E-state index in [9.17, 15) is 8.78 Å². The molecular weight excluding hydrogens is 248 g/mol. The first kappa shape index (κ1) is 15.9. The molecule has 0 aromatic heterocycles. The van der Waals surface area contributed by atoms with Crippen molar-refractivity contribution in [3.63, 3.8) is 0 Å². The number of hydrogen-bond acceptors (Lipinski definition) is 2. The maximum atomic E-state index is 13.4. The Morgan fingerprint density at radius 2 is 1.95 bits per heavy atom. The highest BCUT2D eigenvalue weighted by Crippen LogP contribution is 2.20. The van der Waals surface area contributed by atoms with Gasteiger partial charge in [-0.2, -0.15) is 0 Å². The van der Waals surface area contributed by atoms with Crippen LogP contribution in [-0.2, 0) is 0 Å². The van der Waals surface area contributed by atoms with Crippen LogP contribution < -0.4 is 10.1 Å². The Labute approximate surface area is 114 Å². The van der Waals surface area contributed by atoms with E-state index >= 15 is 0 Å². The Hall–Kier alpha value is -1.16. The third-order valence-electron chi connectivity index (χ3n) is 2.66. The third-order valence-corrected chi connectivity index (χ3v) is 2.66. The van der Waals surface area contributed by atoms with E-state index in [4.69, 9.17) is 4.74 Å². The van der Waals surface area contributed by atoms with Crippen molar-refractivity contribution in [2.75, 3.05) is 6.54 Å². The summed E-state index contributed by atoms with van der Waals surface area (Å²) in [7, 11) is 0. The molecule has 0 aliphatic rings. The van der Waals surface area contributed by atoms with Gasteiger partial charge in [0.05, 0.1) is 6.10 Å². The minimum Gasteiger partial charge on any atom is -0.488 e. The molecule has 1 atom stereocenters. The van der Waals surface area contributed by atoms with E-state index in [0.717, 1.165) is 37.6 Å². The third kappa shape index (κ3) is 6.53. The topological polar surface area (TPSA) is 21.3 Å². The first-order valence-corrected chi connectivity index (χ1v) is 6.64. The first-order valence-electron chi connectivity index (χ1n) is 6.64. The van der Waals surface area contributed by atoms with E-state index in [-0.39, 0.29) is 17.4 Å². The van der Waals surface area contributed by atoms with E-state index in [2.05, 4.69) is 26.1 Å². The standard InChI is InChI=1S/C15H23F2NO/c1-11(6-5-9-18-15(2,3)4)19-14-10-12(16)7-8-13(14)17/h7-8,10-11,18H,5-6,9H2,1-4H3. The van der Waals surface area contributed by atoms with Crippen molar-refractivity contribution in [3.05, 3.63) is 29.8 Å². The van der Waals surface area contributed by atoms with Gasteiger partial charge in [-0.15, -0.1) is 0 Å². The van der Waals surface area contributed by atoms with Gasteiger partial charge in [0.15, 0.2) is 11.6 Å². The highest BCUT2D eigenvalue weighted by molar-refractivity contribution is 5.25. The summed E-state index contributed by atoms with van der Waals surface area (Å²) in [6, 6.07) is 3.25. The molecule has 0 amide bonds. The highest BCUT2D eigenvalue weighted by Gasteiger charge is 2.11. The Morgan fingerprint density at radius 1 is 1.26 bits per heavy atom. The largest absolute Gasteiger partial charge is 0.488 e. The van der Waals surface area contributed by atoms with Gasteiger partial charge in [0.25, 0.3) is 0 Å².